The zero-order valence-corrected chi connectivity index (χ0v) is 21.4. The van der Waals surface area contributed by atoms with Crippen molar-refractivity contribution in [3.63, 3.8) is 0 Å². The van der Waals surface area contributed by atoms with Crippen LogP contribution in [0.25, 0.3) is 0 Å². The third-order valence-electron chi connectivity index (χ3n) is 5.54. The van der Waals surface area contributed by atoms with E-state index in [0.717, 1.165) is 16.7 Å². The molecule has 1 N–H and O–H groups in total. The smallest absolute Gasteiger partial charge is 0.411 e. The molecule has 6 nitrogen and oxygen atoms in total. The second-order valence-electron chi connectivity index (χ2n) is 9.68. The second kappa shape index (κ2) is 13.8. The lowest BCUT2D eigenvalue weighted by molar-refractivity contribution is -0.0873. The van der Waals surface area contributed by atoms with Gasteiger partial charge in [0.1, 0.15) is 11.7 Å². The number of amides is 1. The predicted octanol–water partition coefficient (Wildman–Crippen LogP) is 5.59. The normalized spacial score (nSPS) is 13.1. The average molecular weight is 492 g/mol. The maximum Gasteiger partial charge on any atom is 0.411 e. The van der Waals surface area contributed by atoms with Gasteiger partial charge in [-0.05, 0) is 37.5 Å². The Labute approximate surface area is 214 Å². The van der Waals surface area contributed by atoms with E-state index in [1.807, 2.05) is 112 Å². The summed E-state index contributed by atoms with van der Waals surface area (Å²) in [4.78, 5) is 14.9. The van der Waals surface area contributed by atoms with Crippen molar-refractivity contribution >= 4 is 6.09 Å². The van der Waals surface area contributed by atoms with Crippen molar-refractivity contribution < 1.29 is 24.1 Å². The number of ether oxygens (including phenoxy) is 3. The van der Waals surface area contributed by atoms with E-state index in [-0.39, 0.29) is 19.8 Å². The fraction of sp³-hybridized carbons (Fsp3) is 0.367. The van der Waals surface area contributed by atoms with E-state index in [0.29, 0.717) is 13.2 Å². The van der Waals surface area contributed by atoms with Crippen molar-refractivity contribution in [1.82, 2.24) is 4.90 Å². The van der Waals surface area contributed by atoms with Gasteiger partial charge in [0.15, 0.2) is 0 Å². The molecule has 0 saturated heterocycles. The van der Waals surface area contributed by atoms with Crippen LogP contribution in [0.2, 0.25) is 0 Å². The largest absolute Gasteiger partial charge is 0.444 e. The molecule has 3 aromatic carbocycles. The van der Waals surface area contributed by atoms with E-state index in [1.54, 1.807) is 4.90 Å². The first-order valence-electron chi connectivity index (χ1n) is 12.3. The number of aliphatic hydroxyl groups is 1. The lowest BCUT2D eigenvalue weighted by Crippen LogP contribution is -2.52. The summed E-state index contributed by atoms with van der Waals surface area (Å²) in [5, 5.41) is 10.5. The van der Waals surface area contributed by atoms with Gasteiger partial charge in [0.25, 0.3) is 0 Å². The number of nitrogens with zero attached hydrogens (tertiary/aromatic N) is 1. The summed E-state index contributed by atoms with van der Waals surface area (Å²) in [7, 11) is 0. The van der Waals surface area contributed by atoms with Gasteiger partial charge < -0.3 is 19.3 Å². The van der Waals surface area contributed by atoms with E-state index < -0.39 is 23.8 Å². The summed E-state index contributed by atoms with van der Waals surface area (Å²) >= 11 is 0. The Hall–Kier alpha value is -3.19. The van der Waals surface area contributed by atoms with Gasteiger partial charge in [-0.25, -0.2) is 4.79 Å². The molecule has 6 heteroatoms. The monoisotopic (exact) mass is 491 g/mol. The molecule has 36 heavy (non-hydrogen) atoms. The van der Waals surface area contributed by atoms with Gasteiger partial charge in [-0.1, -0.05) is 91.0 Å². The van der Waals surface area contributed by atoms with Gasteiger partial charge in [0, 0.05) is 6.54 Å². The van der Waals surface area contributed by atoms with Crippen molar-refractivity contribution in [3.8, 4) is 0 Å². The van der Waals surface area contributed by atoms with Gasteiger partial charge >= 0.3 is 6.09 Å². The number of rotatable bonds is 12. The maximum absolute atomic E-state index is 13.3. The summed E-state index contributed by atoms with van der Waals surface area (Å²) in [5.74, 6) is 0. The predicted molar refractivity (Wildman–Crippen MR) is 140 cm³/mol. The molecule has 0 aliphatic rings. The molecule has 0 fully saturated rings. The maximum atomic E-state index is 13.3. The molecular weight excluding hydrogens is 454 g/mol. The van der Waals surface area contributed by atoms with E-state index in [4.69, 9.17) is 14.2 Å². The zero-order valence-electron chi connectivity index (χ0n) is 21.4. The van der Waals surface area contributed by atoms with Gasteiger partial charge in [0.2, 0.25) is 0 Å². The lowest BCUT2D eigenvalue weighted by Gasteiger charge is -2.37. The van der Waals surface area contributed by atoms with Crippen molar-refractivity contribution in [2.45, 2.75) is 58.3 Å². The summed E-state index contributed by atoms with van der Waals surface area (Å²) in [6, 6.07) is 28.6. The van der Waals surface area contributed by atoms with Crippen molar-refractivity contribution in [1.29, 1.82) is 0 Å². The molecule has 0 bridgehead atoms. The first-order valence-corrected chi connectivity index (χ1v) is 12.3. The Morgan fingerprint density at radius 3 is 1.81 bits per heavy atom. The number of benzene rings is 3. The van der Waals surface area contributed by atoms with Crippen LogP contribution < -0.4 is 0 Å². The molecule has 0 aliphatic heterocycles. The summed E-state index contributed by atoms with van der Waals surface area (Å²) < 4.78 is 18.0. The summed E-state index contributed by atoms with van der Waals surface area (Å²) in [5.41, 5.74) is 2.27. The number of carbonyl (C=O) groups is 1. The topological polar surface area (TPSA) is 68.2 Å². The van der Waals surface area contributed by atoms with E-state index >= 15 is 0 Å². The molecule has 0 unspecified atom stereocenters. The molecule has 3 rings (SSSR count). The van der Waals surface area contributed by atoms with Gasteiger partial charge in [-0.15, -0.1) is 0 Å². The molecule has 0 aromatic heterocycles. The van der Waals surface area contributed by atoms with Crippen molar-refractivity contribution in [3.05, 3.63) is 108 Å². The minimum absolute atomic E-state index is 0.195. The fourth-order valence-electron chi connectivity index (χ4n) is 3.75. The van der Waals surface area contributed by atoms with Crippen LogP contribution in [0.5, 0.6) is 0 Å². The average Bonchev–Trinajstić information content (AvgIpc) is 2.87. The Bertz CT molecular complexity index is 1020. The zero-order chi connectivity index (χ0) is 25.8. The van der Waals surface area contributed by atoms with Crippen LogP contribution in [0.4, 0.5) is 4.79 Å². The Morgan fingerprint density at radius 1 is 0.806 bits per heavy atom. The molecule has 2 atom stereocenters. The number of aliphatic hydroxyl groups excluding tert-OH is 1. The van der Waals surface area contributed by atoms with Gasteiger partial charge in [-0.3, -0.25) is 4.90 Å². The van der Waals surface area contributed by atoms with Crippen LogP contribution in [0.3, 0.4) is 0 Å². The van der Waals surface area contributed by atoms with E-state index in [9.17, 15) is 9.90 Å². The van der Waals surface area contributed by atoms with Crippen molar-refractivity contribution in [2.75, 3.05) is 13.2 Å². The van der Waals surface area contributed by atoms with E-state index in [1.165, 1.54) is 0 Å². The van der Waals surface area contributed by atoms with Crippen LogP contribution in [-0.4, -0.2) is 47.1 Å². The summed E-state index contributed by atoms with van der Waals surface area (Å²) in [6.07, 6.45) is -1.10. The van der Waals surface area contributed by atoms with Crippen LogP contribution in [0.1, 0.15) is 37.5 Å². The highest BCUT2D eigenvalue weighted by molar-refractivity contribution is 5.68. The highest BCUT2D eigenvalue weighted by atomic mass is 16.6. The Morgan fingerprint density at radius 2 is 1.31 bits per heavy atom. The van der Waals surface area contributed by atoms with Gasteiger partial charge in [-0.2, -0.15) is 0 Å². The van der Waals surface area contributed by atoms with Crippen LogP contribution in [0.15, 0.2) is 91.0 Å². The number of hydrogen-bond donors (Lipinski definition) is 1. The molecule has 0 radical (unpaired) electrons. The highest BCUT2D eigenvalue weighted by Gasteiger charge is 2.34. The molecule has 0 aliphatic carbocycles. The van der Waals surface area contributed by atoms with E-state index in [2.05, 4.69) is 0 Å². The highest BCUT2D eigenvalue weighted by Crippen LogP contribution is 2.20. The summed E-state index contributed by atoms with van der Waals surface area (Å²) in [6.45, 7) is 6.36. The minimum Gasteiger partial charge on any atom is -0.444 e. The molecule has 0 spiro atoms. The van der Waals surface area contributed by atoms with Crippen molar-refractivity contribution in [2.24, 2.45) is 0 Å². The Balaban J connectivity index is 1.83. The third kappa shape index (κ3) is 9.11. The lowest BCUT2D eigenvalue weighted by atomic mass is 10.1. The molecule has 0 heterocycles. The number of hydrogen-bond acceptors (Lipinski definition) is 5. The molecule has 192 valence electrons. The fourth-order valence-corrected chi connectivity index (χ4v) is 3.75. The third-order valence-corrected chi connectivity index (χ3v) is 5.54. The first-order chi connectivity index (χ1) is 17.4. The molecule has 0 saturated carbocycles. The van der Waals surface area contributed by atoms with Crippen LogP contribution in [-0.2, 0) is 34.0 Å². The second-order valence-corrected chi connectivity index (χ2v) is 9.68. The molecule has 1 amide bonds. The van der Waals surface area contributed by atoms with Crippen LogP contribution in [0, 0.1) is 0 Å². The molecular formula is C30H37NO5. The standard InChI is InChI=1S/C30H37NO5/c1-30(2,3)36-29(33)31(19-24-13-7-4-8-14-24)27(20-32)28(35-22-26-17-11-6-12-18-26)23-34-21-25-15-9-5-10-16-25/h4-18,27-28,32H,19-23H2,1-3H3/t27-,28-/m1/s1. The van der Waals surface area contributed by atoms with Gasteiger partial charge in [0.05, 0.1) is 32.5 Å². The SMILES string of the molecule is CC(C)(C)OC(=O)N(Cc1ccccc1)[C@H](CO)[C@@H](COCc1ccccc1)OCc1ccccc1. The quantitative estimate of drug-likeness (QED) is 0.358. The molecule has 3 aromatic rings. The minimum atomic E-state index is -0.684. The van der Waals surface area contributed by atoms with Crippen LogP contribution >= 0.6 is 0 Å². The number of carbonyl (C=O) groups excluding carboxylic acids is 1. The first kappa shape index (κ1) is 27.4. The Kier molecular flexibility index (Phi) is 10.5.